The van der Waals surface area contributed by atoms with Gasteiger partial charge in [-0.3, -0.25) is 4.79 Å². The highest BCUT2D eigenvalue weighted by atomic mass is 16.5. The number of carbonyl (C=O) groups excluding carboxylic acids is 2. The first kappa shape index (κ1) is 25.3. The Morgan fingerprint density at radius 3 is 1.09 bits per heavy atom. The van der Waals surface area contributed by atoms with Gasteiger partial charge in [-0.25, -0.2) is 0 Å². The van der Waals surface area contributed by atoms with Gasteiger partial charge in [-0.1, -0.05) is 75.9 Å². The normalized spacial score (nSPS) is 7.91. The van der Waals surface area contributed by atoms with Gasteiger partial charge >= 0.3 is 5.97 Å². The van der Waals surface area contributed by atoms with Gasteiger partial charge < -0.3 is 9.53 Å². The van der Waals surface area contributed by atoms with Crippen molar-refractivity contribution in [3.05, 3.63) is 36.4 Å². The molecular formula is C19H34O3. The zero-order valence-corrected chi connectivity index (χ0v) is 15.2. The zero-order valence-electron chi connectivity index (χ0n) is 15.2. The molecule has 1 rings (SSSR count). The van der Waals surface area contributed by atoms with Crippen LogP contribution in [0.15, 0.2) is 36.4 Å². The van der Waals surface area contributed by atoms with E-state index in [2.05, 4.69) is 18.6 Å². The van der Waals surface area contributed by atoms with E-state index in [1.54, 1.807) is 6.92 Å². The van der Waals surface area contributed by atoms with Crippen LogP contribution in [0.2, 0.25) is 0 Å². The molecule has 1 aromatic carbocycles. The minimum atomic E-state index is -0.211. The first-order valence-corrected chi connectivity index (χ1v) is 8.02. The van der Waals surface area contributed by atoms with E-state index in [1.165, 1.54) is 46.5 Å². The van der Waals surface area contributed by atoms with Gasteiger partial charge in [0.1, 0.15) is 5.78 Å². The molecule has 0 aliphatic rings. The van der Waals surface area contributed by atoms with Crippen molar-refractivity contribution in [1.82, 2.24) is 0 Å². The van der Waals surface area contributed by atoms with Gasteiger partial charge in [0.25, 0.3) is 0 Å². The number of Topliss-reactive ketones (excluding diaryl/α,β-unsaturated/α-hetero) is 1. The molecule has 0 amide bonds. The van der Waals surface area contributed by atoms with Crippen LogP contribution < -0.4 is 0 Å². The lowest BCUT2D eigenvalue weighted by Gasteiger charge is -1.89. The molecule has 0 spiro atoms. The predicted molar refractivity (Wildman–Crippen MR) is 94.9 cm³/mol. The molecule has 0 aromatic heterocycles. The number of benzene rings is 1. The smallest absolute Gasteiger partial charge is 0.302 e. The van der Waals surface area contributed by atoms with Crippen LogP contribution in [0.4, 0.5) is 0 Å². The van der Waals surface area contributed by atoms with Crippen LogP contribution in [0, 0.1) is 0 Å². The monoisotopic (exact) mass is 310 g/mol. The van der Waals surface area contributed by atoms with E-state index in [0.717, 1.165) is 0 Å². The molecule has 128 valence electrons. The molecule has 0 fully saturated rings. The molecule has 0 aliphatic heterocycles. The summed E-state index contributed by atoms with van der Waals surface area (Å²) in [7, 11) is 0. The van der Waals surface area contributed by atoms with Crippen molar-refractivity contribution in [3.63, 3.8) is 0 Å². The third kappa shape index (κ3) is 51.6. The quantitative estimate of drug-likeness (QED) is 0.549. The van der Waals surface area contributed by atoms with Crippen LogP contribution in [-0.4, -0.2) is 18.4 Å². The van der Waals surface area contributed by atoms with Crippen molar-refractivity contribution >= 4 is 11.8 Å². The first-order chi connectivity index (χ1) is 10.4. The van der Waals surface area contributed by atoms with Crippen molar-refractivity contribution in [2.75, 3.05) is 6.61 Å². The van der Waals surface area contributed by atoms with E-state index in [-0.39, 0.29) is 11.8 Å². The molecule has 0 unspecified atom stereocenters. The Balaban J connectivity index is -0.000000222. The Labute approximate surface area is 137 Å². The van der Waals surface area contributed by atoms with Crippen molar-refractivity contribution in [1.29, 1.82) is 0 Å². The highest BCUT2D eigenvalue weighted by molar-refractivity contribution is 5.72. The number of ketones is 1. The summed E-state index contributed by atoms with van der Waals surface area (Å²) in [6.07, 6.45) is 5.54. The van der Waals surface area contributed by atoms with Gasteiger partial charge in [0, 0.05) is 6.92 Å². The van der Waals surface area contributed by atoms with Crippen molar-refractivity contribution in [2.45, 2.75) is 67.2 Å². The van der Waals surface area contributed by atoms with Crippen LogP contribution in [0.25, 0.3) is 0 Å². The lowest BCUT2D eigenvalue weighted by Crippen LogP contribution is -1.95. The summed E-state index contributed by atoms with van der Waals surface area (Å²) >= 11 is 0. The van der Waals surface area contributed by atoms with Gasteiger partial charge in [0.05, 0.1) is 6.61 Å². The summed E-state index contributed by atoms with van der Waals surface area (Å²) in [6.45, 7) is 11.2. The summed E-state index contributed by atoms with van der Waals surface area (Å²) in [5.74, 6) is -0.0440. The lowest BCUT2D eigenvalue weighted by atomic mass is 10.2. The first-order valence-electron chi connectivity index (χ1n) is 8.02. The molecule has 0 atom stereocenters. The number of esters is 1. The highest BCUT2D eigenvalue weighted by Crippen LogP contribution is 1.95. The van der Waals surface area contributed by atoms with Crippen molar-refractivity contribution in [2.24, 2.45) is 0 Å². The Morgan fingerprint density at radius 1 is 0.727 bits per heavy atom. The number of unbranched alkanes of at least 4 members (excludes halogenated alkanes) is 3. The predicted octanol–water partition coefficient (Wildman–Crippen LogP) is 5.44. The minimum Gasteiger partial charge on any atom is -0.466 e. The second kappa shape index (κ2) is 24.4. The molecule has 0 heterocycles. The van der Waals surface area contributed by atoms with E-state index in [1.807, 2.05) is 36.4 Å². The van der Waals surface area contributed by atoms with Gasteiger partial charge in [-0.05, 0) is 20.8 Å². The Morgan fingerprint density at radius 2 is 1.00 bits per heavy atom. The third-order valence-corrected chi connectivity index (χ3v) is 1.97. The van der Waals surface area contributed by atoms with Gasteiger partial charge in [-0.15, -0.1) is 0 Å². The Hall–Kier alpha value is -1.64. The Bertz CT molecular complexity index is 286. The maximum atomic E-state index is 9.82. The topological polar surface area (TPSA) is 43.4 Å². The van der Waals surface area contributed by atoms with E-state index >= 15 is 0 Å². The third-order valence-electron chi connectivity index (χ3n) is 1.97. The molecule has 0 saturated heterocycles. The van der Waals surface area contributed by atoms with E-state index in [4.69, 9.17) is 0 Å². The standard InChI is InChI=1S/C6H6.C6H14.C4H8O2.C3H6O/c1-2-4-6-5-3-1;1-3-5-6-4-2;1-3-6-4(2)5;1-3(2)4/h1-6H;3-6H2,1-2H3;3H2,1-2H3;1-2H3. The SMILES string of the molecule is CC(C)=O.CCCCCC.CCOC(C)=O.c1ccccc1. The maximum Gasteiger partial charge on any atom is 0.302 e. The largest absolute Gasteiger partial charge is 0.466 e. The molecule has 0 N–H and O–H groups in total. The highest BCUT2D eigenvalue weighted by Gasteiger charge is 1.81. The molecule has 0 aliphatic carbocycles. The van der Waals surface area contributed by atoms with Gasteiger partial charge in [0.15, 0.2) is 0 Å². The number of hydrogen-bond acceptors (Lipinski definition) is 3. The number of hydrogen-bond donors (Lipinski definition) is 0. The van der Waals surface area contributed by atoms with E-state index in [9.17, 15) is 9.59 Å². The molecule has 3 heteroatoms. The summed E-state index contributed by atoms with van der Waals surface area (Å²) in [6, 6.07) is 12.0. The fourth-order valence-corrected chi connectivity index (χ4v) is 1.09. The second-order valence-corrected chi connectivity index (χ2v) is 4.69. The van der Waals surface area contributed by atoms with Crippen molar-refractivity contribution in [3.8, 4) is 0 Å². The average molecular weight is 310 g/mol. The summed E-state index contributed by atoms with van der Waals surface area (Å²) in [4.78, 5) is 19.3. The molecule has 0 saturated carbocycles. The second-order valence-electron chi connectivity index (χ2n) is 4.69. The zero-order chi connectivity index (χ0) is 17.6. The van der Waals surface area contributed by atoms with Crippen LogP contribution in [0.3, 0.4) is 0 Å². The molecule has 0 radical (unpaired) electrons. The summed E-state index contributed by atoms with van der Waals surface area (Å²) < 4.78 is 4.40. The van der Waals surface area contributed by atoms with Crippen LogP contribution in [-0.2, 0) is 14.3 Å². The van der Waals surface area contributed by atoms with Gasteiger partial charge in [-0.2, -0.15) is 0 Å². The minimum absolute atomic E-state index is 0.167. The molecule has 22 heavy (non-hydrogen) atoms. The molecule has 0 bridgehead atoms. The van der Waals surface area contributed by atoms with E-state index < -0.39 is 0 Å². The van der Waals surface area contributed by atoms with E-state index in [0.29, 0.717) is 6.61 Å². The average Bonchev–Trinajstić information content (AvgIpc) is 2.47. The van der Waals surface area contributed by atoms with Crippen LogP contribution in [0.1, 0.15) is 67.2 Å². The maximum absolute atomic E-state index is 9.82. The molecule has 3 nitrogen and oxygen atoms in total. The van der Waals surface area contributed by atoms with Gasteiger partial charge in [0.2, 0.25) is 0 Å². The molecular weight excluding hydrogens is 276 g/mol. The van der Waals surface area contributed by atoms with Crippen molar-refractivity contribution < 1.29 is 14.3 Å². The lowest BCUT2D eigenvalue weighted by molar-refractivity contribution is -0.140. The molecule has 1 aromatic rings. The summed E-state index contributed by atoms with van der Waals surface area (Å²) in [5, 5.41) is 0. The fourth-order valence-electron chi connectivity index (χ4n) is 1.09. The number of rotatable bonds is 4. The van der Waals surface area contributed by atoms with Crippen LogP contribution >= 0.6 is 0 Å². The number of carbonyl (C=O) groups is 2. The Kier molecular flexibility index (Phi) is 28.1. The summed E-state index contributed by atoms with van der Waals surface area (Å²) in [5.41, 5.74) is 0. The number of ether oxygens (including phenoxy) is 1. The van der Waals surface area contributed by atoms with Crippen LogP contribution in [0.5, 0.6) is 0 Å². The fraction of sp³-hybridized carbons (Fsp3) is 0.579.